The number of aliphatic hydroxyl groups excluding tert-OH is 1. The molecule has 0 radical (unpaired) electrons. The summed E-state index contributed by atoms with van der Waals surface area (Å²) in [5, 5.41) is 19.9. The maximum Gasteiger partial charge on any atom is 0.0883 e. The molecule has 0 aromatic carbocycles. The molecule has 6 atom stereocenters. The molecule has 3 rings (SSSR count). The van der Waals surface area contributed by atoms with Crippen molar-refractivity contribution in [2.45, 2.75) is 31.5 Å². The second kappa shape index (κ2) is 2.18. The van der Waals surface area contributed by atoms with Crippen molar-refractivity contribution < 1.29 is 10.2 Å². The van der Waals surface area contributed by atoms with E-state index in [0.29, 0.717) is 23.7 Å². The highest BCUT2D eigenvalue weighted by Gasteiger charge is 2.58. The van der Waals surface area contributed by atoms with E-state index in [9.17, 15) is 10.2 Å². The smallest absolute Gasteiger partial charge is 0.0883 e. The molecule has 3 aliphatic rings. The summed E-state index contributed by atoms with van der Waals surface area (Å²) in [6, 6.07) is 0. The van der Waals surface area contributed by atoms with Crippen molar-refractivity contribution in [2.24, 2.45) is 23.7 Å². The second-order valence-corrected chi connectivity index (χ2v) is 5.20. The van der Waals surface area contributed by atoms with Gasteiger partial charge in [-0.05, 0) is 43.4 Å². The number of aliphatic hydroxyl groups is 2. The van der Waals surface area contributed by atoms with E-state index in [2.05, 4.69) is 12.2 Å². The normalized spacial score (nSPS) is 63.2. The van der Waals surface area contributed by atoms with Crippen molar-refractivity contribution in [1.82, 2.24) is 0 Å². The van der Waals surface area contributed by atoms with Crippen LogP contribution in [0.5, 0.6) is 0 Å². The molecule has 3 aliphatic carbocycles. The zero-order valence-corrected chi connectivity index (χ0v) is 7.85. The van der Waals surface area contributed by atoms with Gasteiger partial charge in [0.1, 0.15) is 0 Å². The number of allylic oxidation sites excluding steroid dienone is 2. The van der Waals surface area contributed by atoms with Gasteiger partial charge in [-0.25, -0.2) is 0 Å². The topological polar surface area (TPSA) is 40.5 Å². The van der Waals surface area contributed by atoms with Crippen LogP contribution >= 0.6 is 0 Å². The predicted molar refractivity (Wildman–Crippen MR) is 49.0 cm³/mol. The third-order valence-corrected chi connectivity index (χ3v) is 4.34. The largest absolute Gasteiger partial charge is 0.390 e. The maximum atomic E-state index is 9.97. The zero-order chi connectivity index (χ0) is 9.22. The molecule has 13 heavy (non-hydrogen) atoms. The molecule has 72 valence electrons. The number of rotatable bonds is 0. The van der Waals surface area contributed by atoms with Gasteiger partial charge in [0.15, 0.2) is 0 Å². The summed E-state index contributed by atoms with van der Waals surface area (Å²) >= 11 is 0. The van der Waals surface area contributed by atoms with Gasteiger partial charge in [-0.3, -0.25) is 0 Å². The zero-order valence-electron chi connectivity index (χ0n) is 7.85. The Morgan fingerprint density at radius 1 is 1.31 bits per heavy atom. The molecule has 2 unspecified atom stereocenters. The van der Waals surface area contributed by atoms with Crippen molar-refractivity contribution in [3.05, 3.63) is 12.2 Å². The van der Waals surface area contributed by atoms with Gasteiger partial charge in [-0.15, -0.1) is 0 Å². The van der Waals surface area contributed by atoms with E-state index >= 15 is 0 Å². The van der Waals surface area contributed by atoms with Crippen LogP contribution in [0.4, 0.5) is 0 Å². The van der Waals surface area contributed by atoms with Gasteiger partial charge in [0.05, 0.1) is 11.7 Å². The summed E-state index contributed by atoms with van der Waals surface area (Å²) in [4.78, 5) is 0. The first-order valence-corrected chi connectivity index (χ1v) is 5.18. The fraction of sp³-hybridized carbons (Fsp3) is 0.818. The fourth-order valence-corrected chi connectivity index (χ4v) is 3.73. The van der Waals surface area contributed by atoms with Crippen LogP contribution in [0.15, 0.2) is 12.2 Å². The van der Waals surface area contributed by atoms with Crippen LogP contribution in [0.3, 0.4) is 0 Å². The van der Waals surface area contributed by atoms with Gasteiger partial charge in [-0.1, -0.05) is 12.2 Å². The highest BCUT2D eigenvalue weighted by molar-refractivity contribution is 5.20. The van der Waals surface area contributed by atoms with Crippen molar-refractivity contribution in [2.75, 3.05) is 0 Å². The average Bonchev–Trinajstić information content (AvgIpc) is 2.65. The molecule has 2 fully saturated rings. The Labute approximate surface area is 78.3 Å². The number of fused-ring (bicyclic) bond motifs is 5. The summed E-state index contributed by atoms with van der Waals surface area (Å²) < 4.78 is 0. The molecule has 0 aromatic rings. The Morgan fingerprint density at radius 2 is 2.00 bits per heavy atom. The van der Waals surface area contributed by atoms with Gasteiger partial charge in [0.25, 0.3) is 0 Å². The molecule has 0 amide bonds. The summed E-state index contributed by atoms with van der Waals surface area (Å²) in [5.41, 5.74) is -0.835. The third-order valence-electron chi connectivity index (χ3n) is 4.34. The molecule has 2 saturated carbocycles. The van der Waals surface area contributed by atoms with Crippen LogP contribution in [-0.2, 0) is 0 Å². The minimum absolute atomic E-state index is 0.338. The molecule has 2 bridgehead atoms. The molecule has 0 aromatic heterocycles. The monoisotopic (exact) mass is 180 g/mol. The van der Waals surface area contributed by atoms with Crippen LogP contribution in [0.1, 0.15) is 19.8 Å². The van der Waals surface area contributed by atoms with E-state index in [4.69, 9.17) is 0 Å². The Bertz CT molecular complexity index is 269. The van der Waals surface area contributed by atoms with E-state index in [1.807, 2.05) is 0 Å². The minimum Gasteiger partial charge on any atom is -0.390 e. The Balaban J connectivity index is 1.96. The highest BCUT2D eigenvalue weighted by Crippen LogP contribution is 2.57. The van der Waals surface area contributed by atoms with Gasteiger partial charge < -0.3 is 10.2 Å². The lowest BCUT2D eigenvalue weighted by Gasteiger charge is -2.26. The molecule has 0 saturated heterocycles. The molecule has 0 aliphatic heterocycles. The Hall–Kier alpha value is -0.340. The van der Waals surface area contributed by atoms with E-state index < -0.39 is 11.7 Å². The van der Waals surface area contributed by atoms with Crippen LogP contribution in [-0.4, -0.2) is 21.9 Å². The fourth-order valence-electron chi connectivity index (χ4n) is 3.73. The molecule has 0 spiro atoms. The van der Waals surface area contributed by atoms with Gasteiger partial charge in [-0.2, -0.15) is 0 Å². The van der Waals surface area contributed by atoms with E-state index in [1.54, 1.807) is 6.92 Å². The number of hydrogen-bond acceptors (Lipinski definition) is 2. The van der Waals surface area contributed by atoms with E-state index in [-0.39, 0.29) is 0 Å². The van der Waals surface area contributed by atoms with Crippen LogP contribution in [0.25, 0.3) is 0 Å². The predicted octanol–water partition coefficient (Wildman–Crippen LogP) is 0.940. The van der Waals surface area contributed by atoms with Crippen molar-refractivity contribution in [3.8, 4) is 0 Å². The van der Waals surface area contributed by atoms with Crippen molar-refractivity contribution in [1.29, 1.82) is 0 Å². The van der Waals surface area contributed by atoms with Crippen molar-refractivity contribution >= 4 is 0 Å². The molecule has 2 nitrogen and oxygen atoms in total. The quantitative estimate of drug-likeness (QED) is 0.545. The molecule has 2 N–H and O–H groups in total. The standard InChI is InChI=1S/C11H16O2/c1-11(13)5-8-6-2-3-7(4-6)9(8)10(11)12/h2-3,6-10,12-13H,4-5H2,1H3/t6-,7+,8?,9?,10+,11-/m1/s1. The minimum atomic E-state index is -0.835. The highest BCUT2D eigenvalue weighted by atomic mass is 16.3. The van der Waals surface area contributed by atoms with Crippen LogP contribution in [0.2, 0.25) is 0 Å². The van der Waals surface area contributed by atoms with E-state index in [1.165, 1.54) is 6.42 Å². The molecule has 2 heteroatoms. The Morgan fingerprint density at radius 3 is 2.69 bits per heavy atom. The van der Waals surface area contributed by atoms with Crippen molar-refractivity contribution in [3.63, 3.8) is 0 Å². The van der Waals surface area contributed by atoms with Crippen LogP contribution in [0, 0.1) is 23.7 Å². The lowest BCUT2D eigenvalue weighted by Crippen LogP contribution is -2.38. The maximum absolute atomic E-state index is 9.97. The van der Waals surface area contributed by atoms with Gasteiger partial charge in [0.2, 0.25) is 0 Å². The SMILES string of the molecule is C[C@@]1(O)CC2C([C@H]3C=C[C@@H]2C3)[C@@H]1O. The summed E-state index contributed by atoms with van der Waals surface area (Å²) in [6.07, 6.45) is 6.00. The molecule has 0 heterocycles. The molecular weight excluding hydrogens is 164 g/mol. The van der Waals surface area contributed by atoms with E-state index in [0.717, 1.165) is 6.42 Å². The number of hydrogen-bond donors (Lipinski definition) is 2. The first-order chi connectivity index (χ1) is 6.09. The Kier molecular flexibility index (Phi) is 1.34. The van der Waals surface area contributed by atoms with Gasteiger partial charge in [0, 0.05) is 0 Å². The summed E-state index contributed by atoms with van der Waals surface area (Å²) in [6.45, 7) is 1.77. The van der Waals surface area contributed by atoms with Gasteiger partial charge >= 0.3 is 0 Å². The van der Waals surface area contributed by atoms with Crippen LogP contribution < -0.4 is 0 Å². The lowest BCUT2D eigenvalue weighted by molar-refractivity contribution is -0.0589. The summed E-state index contributed by atoms with van der Waals surface area (Å²) in [7, 11) is 0. The lowest BCUT2D eigenvalue weighted by atomic mass is 9.85. The average molecular weight is 180 g/mol. The summed E-state index contributed by atoms with van der Waals surface area (Å²) in [5.74, 6) is 2.06. The first-order valence-electron chi connectivity index (χ1n) is 5.18. The first kappa shape index (κ1) is 8.01. The molecular formula is C11H16O2. The third kappa shape index (κ3) is 0.856. The second-order valence-electron chi connectivity index (χ2n) is 5.20.